The van der Waals surface area contributed by atoms with E-state index in [9.17, 15) is 5.11 Å². The first-order valence-corrected chi connectivity index (χ1v) is 6.45. The number of hydrogen-bond donors (Lipinski definition) is 1. The summed E-state index contributed by atoms with van der Waals surface area (Å²) in [5.41, 5.74) is 3.32. The van der Waals surface area contributed by atoms with Gasteiger partial charge in [-0.3, -0.25) is 4.98 Å². The lowest BCUT2D eigenvalue weighted by Gasteiger charge is -2.13. The van der Waals surface area contributed by atoms with Crippen LogP contribution in [0.1, 0.15) is 23.1 Å². The molecule has 4 nitrogen and oxygen atoms in total. The SMILES string of the molecule is Cc1ccnc(C(O)c2ccnn2-c2ccccc2)c1. The molecule has 2 heterocycles. The Hall–Kier alpha value is -2.46. The second-order valence-electron chi connectivity index (χ2n) is 4.66. The smallest absolute Gasteiger partial charge is 0.138 e. The van der Waals surface area contributed by atoms with Crippen molar-refractivity contribution in [3.05, 3.63) is 77.9 Å². The van der Waals surface area contributed by atoms with Gasteiger partial charge in [0.1, 0.15) is 6.10 Å². The Morgan fingerprint density at radius 3 is 2.60 bits per heavy atom. The molecule has 0 aliphatic carbocycles. The molecule has 0 saturated carbocycles. The number of aliphatic hydroxyl groups is 1. The molecule has 0 aliphatic rings. The normalized spacial score (nSPS) is 12.3. The number of aryl methyl sites for hydroxylation is 1. The summed E-state index contributed by atoms with van der Waals surface area (Å²) in [5.74, 6) is 0. The molecule has 3 rings (SSSR count). The second-order valence-corrected chi connectivity index (χ2v) is 4.66. The van der Waals surface area contributed by atoms with Crippen LogP contribution in [-0.4, -0.2) is 19.9 Å². The van der Waals surface area contributed by atoms with Crippen molar-refractivity contribution in [3.63, 3.8) is 0 Å². The molecule has 0 spiro atoms. The summed E-state index contributed by atoms with van der Waals surface area (Å²) in [6.45, 7) is 1.98. The molecule has 100 valence electrons. The van der Waals surface area contributed by atoms with Gasteiger partial charge in [0.15, 0.2) is 0 Å². The summed E-state index contributed by atoms with van der Waals surface area (Å²) in [6.07, 6.45) is 2.59. The zero-order valence-electron chi connectivity index (χ0n) is 11.1. The summed E-state index contributed by atoms with van der Waals surface area (Å²) in [5, 5.41) is 14.8. The van der Waals surface area contributed by atoms with Crippen LogP contribution in [0, 0.1) is 6.92 Å². The van der Waals surface area contributed by atoms with Crippen molar-refractivity contribution < 1.29 is 5.11 Å². The Kier molecular flexibility index (Phi) is 3.31. The first-order valence-electron chi connectivity index (χ1n) is 6.45. The average Bonchev–Trinajstić information content (AvgIpc) is 2.97. The van der Waals surface area contributed by atoms with Crippen molar-refractivity contribution in [1.29, 1.82) is 0 Å². The van der Waals surface area contributed by atoms with Gasteiger partial charge < -0.3 is 5.11 Å². The third kappa shape index (κ3) is 2.33. The predicted octanol–water partition coefficient (Wildman–Crippen LogP) is 2.66. The van der Waals surface area contributed by atoms with Crippen molar-refractivity contribution in [2.24, 2.45) is 0 Å². The van der Waals surface area contributed by atoms with Crippen molar-refractivity contribution in [1.82, 2.24) is 14.8 Å². The Morgan fingerprint density at radius 1 is 1.05 bits per heavy atom. The molecule has 1 N–H and O–H groups in total. The predicted molar refractivity (Wildman–Crippen MR) is 76.6 cm³/mol. The highest BCUT2D eigenvalue weighted by atomic mass is 16.3. The molecule has 20 heavy (non-hydrogen) atoms. The van der Waals surface area contributed by atoms with Crippen LogP contribution in [0.25, 0.3) is 5.69 Å². The fourth-order valence-corrected chi connectivity index (χ4v) is 2.17. The number of nitrogens with zero attached hydrogens (tertiary/aromatic N) is 3. The van der Waals surface area contributed by atoms with Gasteiger partial charge in [0.25, 0.3) is 0 Å². The number of benzene rings is 1. The van der Waals surface area contributed by atoms with E-state index in [4.69, 9.17) is 0 Å². The summed E-state index contributed by atoms with van der Waals surface area (Å²) in [7, 11) is 0. The van der Waals surface area contributed by atoms with E-state index in [2.05, 4.69) is 10.1 Å². The van der Waals surface area contributed by atoms with Gasteiger partial charge in [-0.2, -0.15) is 5.10 Å². The van der Waals surface area contributed by atoms with Crippen molar-refractivity contribution in [2.75, 3.05) is 0 Å². The number of hydrogen-bond acceptors (Lipinski definition) is 3. The van der Waals surface area contributed by atoms with Crippen LogP contribution in [-0.2, 0) is 0 Å². The molecule has 2 aromatic heterocycles. The minimum Gasteiger partial charge on any atom is -0.380 e. The lowest BCUT2D eigenvalue weighted by atomic mass is 10.1. The van der Waals surface area contributed by atoms with Gasteiger partial charge in [0.05, 0.1) is 17.1 Å². The van der Waals surface area contributed by atoms with Gasteiger partial charge in [0, 0.05) is 12.4 Å². The largest absolute Gasteiger partial charge is 0.380 e. The fourth-order valence-electron chi connectivity index (χ4n) is 2.17. The van der Waals surface area contributed by atoms with Gasteiger partial charge in [-0.25, -0.2) is 4.68 Å². The van der Waals surface area contributed by atoms with E-state index in [1.165, 1.54) is 0 Å². The Morgan fingerprint density at radius 2 is 1.85 bits per heavy atom. The molecule has 1 unspecified atom stereocenters. The topological polar surface area (TPSA) is 50.9 Å². The van der Waals surface area contributed by atoms with E-state index in [-0.39, 0.29) is 0 Å². The summed E-state index contributed by atoms with van der Waals surface area (Å²) in [4.78, 5) is 4.24. The van der Waals surface area contributed by atoms with Crippen LogP contribution in [0.3, 0.4) is 0 Å². The van der Waals surface area contributed by atoms with Gasteiger partial charge in [-0.15, -0.1) is 0 Å². The maximum Gasteiger partial charge on any atom is 0.138 e. The van der Waals surface area contributed by atoms with Crippen molar-refractivity contribution in [2.45, 2.75) is 13.0 Å². The van der Waals surface area contributed by atoms with E-state index in [0.29, 0.717) is 11.4 Å². The summed E-state index contributed by atoms with van der Waals surface area (Å²) in [6, 6.07) is 15.3. The molecular weight excluding hydrogens is 250 g/mol. The highest BCUT2D eigenvalue weighted by molar-refractivity contribution is 5.34. The van der Waals surface area contributed by atoms with Crippen molar-refractivity contribution in [3.8, 4) is 5.69 Å². The molecule has 0 fully saturated rings. The van der Waals surface area contributed by atoms with E-state index in [1.807, 2.05) is 55.5 Å². The molecule has 0 aliphatic heterocycles. The number of para-hydroxylation sites is 1. The lowest BCUT2D eigenvalue weighted by molar-refractivity contribution is 0.207. The summed E-state index contributed by atoms with van der Waals surface area (Å²) < 4.78 is 1.73. The third-order valence-electron chi connectivity index (χ3n) is 3.17. The molecule has 3 aromatic rings. The minimum absolute atomic E-state index is 0.627. The second kappa shape index (κ2) is 5.27. The first-order chi connectivity index (χ1) is 9.75. The molecule has 0 saturated heterocycles. The molecule has 0 amide bonds. The Balaban J connectivity index is 2.02. The van der Waals surface area contributed by atoms with Gasteiger partial charge in [-0.1, -0.05) is 18.2 Å². The maximum atomic E-state index is 10.5. The average molecular weight is 265 g/mol. The molecule has 4 heteroatoms. The standard InChI is InChI=1S/C16H15N3O/c1-12-7-9-17-14(11-12)16(20)15-8-10-18-19(15)13-5-3-2-4-6-13/h2-11,16,20H,1H3. The Bertz CT molecular complexity index is 707. The number of rotatable bonds is 3. The number of aromatic nitrogens is 3. The third-order valence-corrected chi connectivity index (χ3v) is 3.17. The van der Waals surface area contributed by atoms with Crippen LogP contribution in [0.4, 0.5) is 0 Å². The van der Waals surface area contributed by atoms with Crippen LogP contribution >= 0.6 is 0 Å². The first kappa shape index (κ1) is 12.6. The lowest BCUT2D eigenvalue weighted by Crippen LogP contribution is -2.09. The fraction of sp³-hybridized carbons (Fsp3) is 0.125. The Labute approximate surface area is 117 Å². The number of aliphatic hydroxyl groups excluding tert-OH is 1. The van der Waals surface area contributed by atoms with Gasteiger partial charge in [0.2, 0.25) is 0 Å². The van der Waals surface area contributed by atoms with Crippen LogP contribution in [0.2, 0.25) is 0 Å². The molecule has 0 bridgehead atoms. The number of pyridine rings is 1. The maximum absolute atomic E-state index is 10.5. The van der Waals surface area contributed by atoms with Crippen LogP contribution < -0.4 is 0 Å². The van der Waals surface area contributed by atoms with Gasteiger partial charge >= 0.3 is 0 Å². The van der Waals surface area contributed by atoms with Crippen molar-refractivity contribution >= 4 is 0 Å². The molecule has 1 atom stereocenters. The monoisotopic (exact) mass is 265 g/mol. The highest BCUT2D eigenvalue weighted by Crippen LogP contribution is 2.22. The zero-order valence-corrected chi connectivity index (χ0v) is 11.1. The van der Waals surface area contributed by atoms with Crippen LogP contribution in [0.5, 0.6) is 0 Å². The van der Waals surface area contributed by atoms with E-state index in [1.54, 1.807) is 17.1 Å². The molecule has 0 radical (unpaired) electrons. The van der Waals surface area contributed by atoms with E-state index in [0.717, 1.165) is 11.3 Å². The zero-order chi connectivity index (χ0) is 13.9. The highest BCUT2D eigenvalue weighted by Gasteiger charge is 2.17. The molecule has 1 aromatic carbocycles. The molecular formula is C16H15N3O. The van der Waals surface area contributed by atoms with E-state index < -0.39 is 6.10 Å². The van der Waals surface area contributed by atoms with Gasteiger partial charge in [-0.05, 0) is 42.8 Å². The van der Waals surface area contributed by atoms with E-state index >= 15 is 0 Å². The summed E-state index contributed by atoms with van der Waals surface area (Å²) >= 11 is 0. The minimum atomic E-state index is -0.794. The van der Waals surface area contributed by atoms with Crippen LogP contribution in [0.15, 0.2) is 60.9 Å². The quantitative estimate of drug-likeness (QED) is 0.792.